The van der Waals surface area contributed by atoms with Gasteiger partial charge in [-0.15, -0.1) is 0 Å². The molecule has 1 saturated heterocycles. The zero-order chi connectivity index (χ0) is 14.3. The van der Waals surface area contributed by atoms with Gasteiger partial charge in [-0.1, -0.05) is 0 Å². The fourth-order valence-corrected chi connectivity index (χ4v) is 3.16. The SMILES string of the molecule is Cc1ccnc(NC2CC(C)N(C3CC3)C2)c1[N+](=O)[O-]. The molecule has 1 aliphatic carbocycles. The molecule has 108 valence electrons. The van der Waals surface area contributed by atoms with E-state index in [1.807, 2.05) is 0 Å². The van der Waals surface area contributed by atoms with Crippen molar-refractivity contribution in [3.63, 3.8) is 0 Å². The number of hydrogen-bond donors (Lipinski definition) is 1. The third-order valence-electron chi connectivity index (χ3n) is 4.29. The number of aromatic nitrogens is 1. The smallest absolute Gasteiger partial charge is 0.314 e. The van der Waals surface area contributed by atoms with E-state index >= 15 is 0 Å². The number of nitrogens with zero attached hydrogens (tertiary/aromatic N) is 3. The van der Waals surface area contributed by atoms with Gasteiger partial charge in [-0.05, 0) is 39.2 Å². The van der Waals surface area contributed by atoms with Crippen LogP contribution >= 0.6 is 0 Å². The van der Waals surface area contributed by atoms with Crippen molar-refractivity contribution in [3.8, 4) is 0 Å². The lowest BCUT2D eigenvalue weighted by Crippen LogP contribution is -2.31. The molecule has 1 saturated carbocycles. The molecule has 0 radical (unpaired) electrons. The van der Waals surface area contributed by atoms with Crippen LogP contribution in [0.1, 0.15) is 31.7 Å². The van der Waals surface area contributed by atoms with E-state index < -0.39 is 0 Å². The minimum absolute atomic E-state index is 0.102. The largest absolute Gasteiger partial charge is 0.360 e. The number of pyridine rings is 1. The molecular formula is C14H20N4O2. The van der Waals surface area contributed by atoms with Gasteiger partial charge in [0.15, 0.2) is 0 Å². The molecule has 1 aliphatic heterocycles. The predicted octanol–water partition coefficient (Wildman–Crippen LogP) is 2.34. The number of likely N-dealkylation sites (tertiary alicyclic amines) is 1. The molecule has 1 aromatic heterocycles. The van der Waals surface area contributed by atoms with E-state index in [0.29, 0.717) is 17.4 Å². The minimum atomic E-state index is -0.346. The second-order valence-corrected chi connectivity index (χ2v) is 5.94. The number of aryl methyl sites for hydroxylation is 1. The Morgan fingerprint density at radius 1 is 1.50 bits per heavy atom. The van der Waals surface area contributed by atoms with Gasteiger partial charge in [-0.25, -0.2) is 4.98 Å². The second kappa shape index (κ2) is 5.01. The maximum atomic E-state index is 11.2. The van der Waals surface area contributed by atoms with Crippen molar-refractivity contribution in [2.24, 2.45) is 0 Å². The maximum absolute atomic E-state index is 11.2. The average molecular weight is 276 g/mol. The van der Waals surface area contributed by atoms with Crippen LogP contribution in [0.2, 0.25) is 0 Å². The van der Waals surface area contributed by atoms with Gasteiger partial charge in [-0.3, -0.25) is 15.0 Å². The van der Waals surface area contributed by atoms with Gasteiger partial charge in [-0.2, -0.15) is 0 Å². The number of rotatable bonds is 4. The summed E-state index contributed by atoms with van der Waals surface area (Å²) >= 11 is 0. The van der Waals surface area contributed by atoms with Crippen LogP contribution < -0.4 is 5.32 Å². The van der Waals surface area contributed by atoms with Crippen LogP contribution in [0, 0.1) is 17.0 Å². The highest BCUT2D eigenvalue weighted by atomic mass is 16.6. The van der Waals surface area contributed by atoms with Crippen LogP contribution in [0.5, 0.6) is 0 Å². The summed E-state index contributed by atoms with van der Waals surface area (Å²) in [4.78, 5) is 17.5. The Kier molecular flexibility index (Phi) is 3.33. The van der Waals surface area contributed by atoms with Crippen LogP contribution in [-0.2, 0) is 0 Å². The maximum Gasteiger partial charge on any atom is 0.314 e. The molecule has 0 spiro atoms. The van der Waals surface area contributed by atoms with E-state index in [9.17, 15) is 10.1 Å². The van der Waals surface area contributed by atoms with E-state index in [1.54, 1.807) is 19.2 Å². The molecule has 2 unspecified atom stereocenters. The first kappa shape index (κ1) is 13.3. The third kappa shape index (κ3) is 2.47. The number of hydrogen-bond acceptors (Lipinski definition) is 5. The second-order valence-electron chi connectivity index (χ2n) is 5.94. The molecule has 6 nitrogen and oxygen atoms in total. The number of anilines is 1. The third-order valence-corrected chi connectivity index (χ3v) is 4.29. The number of nitro groups is 1. The van der Waals surface area contributed by atoms with E-state index in [2.05, 4.69) is 22.1 Å². The Balaban J connectivity index is 1.75. The number of nitrogens with one attached hydrogen (secondary N) is 1. The summed E-state index contributed by atoms with van der Waals surface area (Å²) in [5.41, 5.74) is 0.752. The summed E-state index contributed by atoms with van der Waals surface area (Å²) in [6.45, 7) is 4.94. The quantitative estimate of drug-likeness (QED) is 0.675. The molecule has 0 aromatic carbocycles. The molecule has 2 aliphatic rings. The zero-order valence-electron chi connectivity index (χ0n) is 11.9. The zero-order valence-corrected chi connectivity index (χ0v) is 11.9. The summed E-state index contributed by atoms with van der Waals surface area (Å²) < 4.78 is 0. The van der Waals surface area contributed by atoms with Crippen molar-refractivity contribution < 1.29 is 4.92 Å². The Labute approximate surface area is 118 Å². The van der Waals surface area contributed by atoms with Gasteiger partial charge in [0.05, 0.1) is 4.92 Å². The van der Waals surface area contributed by atoms with Crippen molar-refractivity contribution in [1.29, 1.82) is 0 Å². The normalized spacial score (nSPS) is 26.7. The molecule has 2 atom stereocenters. The van der Waals surface area contributed by atoms with Crippen LogP contribution in [0.3, 0.4) is 0 Å². The average Bonchev–Trinajstić information content (AvgIpc) is 3.14. The highest BCUT2D eigenvalue weighted by Crippen LogP contribution is 2.35. The van der Waals surface area contributed by atoms with Crippen molar-refractivity contribution in [1.82, 2.24) is 9.88 Å². The fourth-order valence-electron chi connectivity index (χ4n) is 3.16. The first-order valence-electron chi connectivity index (χ1n) is 7.18. The van der Waals surface area contributed by atoms with E-state index in [0.717, 1.165) is 19.0 Å². The van der Waals surface area contributed by atoms with Crippen molar-refractivity contribution in [3.05, 3.63) is 27.9 Å². The predicted molar refractivity (Wildman–Crippen MR) is 76.8 cm³/mol. The van der Waals surface area contributed by atoms with Crippen molar-refractivity contribution in [2.45, 2.75) is 51.2 Å². The fraction of sp³-hybridized carbons (Fsp3) is 0.643. The van der Waals surface area contributed by atoms with Gasteiger partial charge >= 0.3 is 5.69 Å². The topological polar surface area (TPSA) is 71.3 Å². The highest BCUT2D eigenvalue weighted by molar-refractivity contribution is 5.60. The van der Waals surface area contributed by atoms with Crippen LogP contribution in [0.15, 0.2) is 12.3 Å². The highest BCUT2D eigenvalue weighted by Gasteiger charge is 2.39. The summed E-state index contributed by atoms with van der Waals surface area (Å²) in [5, 5.41) is 14.5. The van der Waals surface area contributed by atoms with Crippen LogP contribution in [0.25, 0.3) is 0 Å². The molecule has 1 aromatic rings. The van der Waals surface area contributed by atoms with Gasteiger partial charge in [0.25, 0.3) is 0 Å². The molecule has 0 bridgehead atoms. The molecule has 3 rings (SSSR count). The van der Waals surface area contributed by atoms with E-state index in [-0.39, 0.29) is 16.7 Å². The minimum Gasteiger partial charge on any atom is -0.360 e. The lowest BCUT2D eigenvalue weighted by Gasteiger charge is -2.19. The summed E-state index contributed by atoms with van der Waals surface area (Å²) in [7, 11) is 0. The Morgan fingerprint density at radius 2 is 2.25 bits per heavy atom. The van der Waals surface area contributed by atoms with Crippen molar-refractivity contribution >= 4 is 11.5 Å². The Morgan fingerprint density at radius 3 is 2.90 bits per heavy atom. The summed E-state index contributed by atoms with van der Waals surface area (Å²) in [6, 6.07) is 3.21. The lowest BCUT2D eigenvalue weighted by molar-refractivity contribution is -0.384. The molecule has 6 heteroatoms. The van der Waals surface area contributed by atoms with Gasteiger partial charge < -0.3 is 5.32 Å². The Bertz CT molecular complexity index is 530. The van der Waals surface area contributed by atoms with E-state index in [1.165, 1.54) is 12.8 Å². The van der Waals surface area contributed by atoms with E-state index in [4.69, 9.17) is 0 Å². The molecule has 1 N–H and O–H groups in total. The molecule has 20 heavy (non-hydrogen) atoms. The molecular weight excluding hydrogens is 256 g/mol. The molecule has 2 heterocycles. The molecule has 2 fully saturated rings. The van der Waals surface area contributed by atoms with Gasteiger partial charge in [0, 0.05) is 36.4 Å². The van der Waals surface area contributed by atoms with Gasteiger partial charge in [0.2, 0.25) is 5.82 Å². The van der Waals surface area contributed by atoms with Crippen LogP contribution in [0.4, 0.5) is 11.5 Å². The standard InChI is InChI=1S/C14H20N4O2/c1-9-5-6-15-14(13(9)18(19)20)16-11-7-10(2)17(8-11)12-3-4-12/h5-6,10-12H,3-4,7-8H2,1-2H3,(H,15,16). The monoisotopic (exact) mass is 276 g/mol. The van der Waals surface area contributed by atoms with Crippen molar-refractivity contribution in [2.75, 3.05) is 11.9 Å². The molecule has 0 amide bonds. The van der Waals surface area contributed by atoms with Crippen LogP contribution in [-0.4, -0.2) is 39.5 Å². The first-order valence-corrected chi connectivity index (χ1v) is 7.18. The summed E-state index contributed by atoms with van der Waals surface area (Å²) in [6.07, 6.45) is 5.23. The van der Waals surface area contributed by atoms with Gasteiger partial charge in [0.1, 0.15) is 0 Å². The summed E-state index contributed by atoms with van der Waals surface area (Å²) in [5.74, 6) is 0.407. The lowest BCUT2D eigenvalue weighted by atomic mass is 10.2. The Hall–Kier alpha value is -1.69. The first-order chi connectivity index (χ1) is 9.56.